The summed E-state index contributed by atoms with van der Waals surface area (Å²) in [5.74, 6) is 0.118. The number of rotatable bonds is 2. The molecule has 2 fully saturated rings. The van der Waals surface area contributed by atoms with Gasteiger partial charge in [-0.2, -0.15) is 0 Å². The fraction of sp³-hybridized carbons (Fsp3) is 0.900. The highest BCUT2D eigenvalue weighted by atomic mass is 16.3. The lowest BCUT2D eigenvalue weighted by atomic mass is 9.92. The van der Waals surface area contributed by atoms with Gasteiger partial charge in [-0.25, -0.2) is 0 Å². The molecule has 1 amide bonds. The SMILES string of the molecule is O=C1CC(N[C@@H]2CCCC[C@H]2O)CN1. The molecule has 0 spiro atoms. The quantitative estimate of drug-likeness (QED) is 0.574. The van der Waals surface area contributed by atoms with Crippen molar-refractivity contribution in [2.24, 2.45) is 0 Å². The molecule has 0 aromatic rings. The maximum absolute atomic E-state index is 11.0. The first kappa shape index (κ1) is 9.93. The molecule has 1 heterocycles. The molecule has 0 radical (unpaired) electrons. The van der Waals surface area contributed by atoms with E-state index in [0.29, 0.717) is 13.0 Å². The Kier molecular flexibility index (Phi) is 3.03. The first-order valence-corrected chi connectivity index (χ1v) is 5.46. The van der Waals surface area contributed by atoms with E-state index in [1.807, 2.05) is 0 Å². The molecule has 14 heavy (non-hydrogen) atoms. The summed E-state index contributed by atoms with van der Waals surface area (Å²) in [4.78, 5) is 11.0. The van der Waals surface area contributed by atoms with Crippen LogP contribution in [0.15, 0.2) is 0 Å². The number of aliphatic hydroxyl groups is 1. The smallest absolute Gasteiger partial charge is 0.221 e. The van der Waals surface area contributed by atoms with Crippen molar-refractivity contribution in [3.63, 3.8) is 0 Å². The first-order valence-electron chi connectivity index (χ1n) is 5.46. The predicted octanol–water partition coefficient (Wildman–Crippen LogP) is -0.232. The monoisotopic (exact) mass is 198 g/mol. The maximum atomic E-state index is 11.0. The Hall–Kier alpha value is -0.610. The third-order valence-corrected chi connectivity index (χ3v) is 3.16. The van der Waals surface area contributed by atoms with Crippen LogP contribution in [0.25, 0.3) is 0 Å². The molecule has 0 aromatic heterocycles. The van der Waals surface area contributed by atoms with Crippen molar-refractivity contribution in [1.82, 2.24) is 10.6 Å². The van der Waals surface area contributed by atoms with E-state index in [9.17, 15) is 9.90 Å². The van der Waals surface area contributed by atoms with E-state index in [1.165, 1.54) is 6.42 Å². The van der Waals surface area contributed by atoms with Crippen molar-refractivity contribution in [2.75, 3.05) is 6.54 Å². The van der Waals surface area contributed by atoms with Crippen LogP contribution < -0.4 is 10.6 Å². The van der Waals surface area contributed by atoms with E-state index in [4.69, 9.17) is 0 Å². The van der Waals surface area contributed by atoms with E-state index >= 15 is 0 Å². The molecule has 3 N–H and O–H groups in total. The zero-order chi connectivity index (χ0) is 9.97. The van der Waals surface area contributed by atoms with Gasteiger partial charge >= 0.3 is 0 Å². The third kappa shape index (κ3) is 2.25. The van der Waals surface area contributed by atoms with Crippen LogP contribution in [-0.4, -0.2) is 35.7 Å². The second-order valence-corrected chi connectivity index (χ2v) is 4.33. The van der Waals surface area contributed by atoms with Gasteiger partial charge in [0.25, 0.3) is 0 Å². The number of nitrogens with one attached hydrogen (secondary N) is 2. The molecule has 0 bridgehead atoms. The molecule has 4 heteroatoms. The van der Waals surface area contributed by atoms with Crippen LogP contribution in [0.3, 0.4) is 0 Å². The highest BCUT2D eigenvalue weighted by Gasteiger charge is 2.28. The van der Waals surface area contributed by atoms with E-state index in [-0.39, 0.29) is 24.1 Å². The average molecular weight is 198 g/mol. The molecule has 3 atom stereocenters. The van der Waals surface area contributed by atoms with Crippen LogP contribution >= 0.6 is 0 Å². The maximum Gasteiger partial charge on any atom is 0.221 e. The molecule has 1 aliphatic heterocycles. The largest absolute Gasteiger partial charge is 0.392 e. The van der Waals surface area contributed by atoms with Crippen molar-refractivity contribution in [2.45, 2.75) is 50.3 Å². The summed E-state index contributed by atoms with van der Waals surface area (Å²) in [6.07, 6.45) is 4.57. The molecule has 2 rings (SSSR count). The Bertz CT molecular complexity index is 220. The summed E-state index contributed by atoms with van der Waals surface area (Å²) in [6.45, 7) is 0.710. The van der Waals surface area contributed by atoms with E-state index in [2.05, 4.69) is 10.6 Å². The van der Waals surface area contributed by atoms with E-state index < -0.39 is 0 Å². The number of amides is 1. The molecule has 1 saturated heterocycles. The Morgan fingerprint density at radius 2 is 2.14 bits per heavy atom. The van der Waals surface area contributed by atoms with Crippen LogP contribution in [0.1, 0.15) is 32.1 Å². The normalized spacial score (nSPS) is 38.4. The van der Waals surface area contributed by atoms with Gasteiger partial charge in [0.05, 0.1) is 6.10 Å². The van der Waals surface area contributed by atoms with Crippen molar-refractivity contribution < 1.29 is 9.90 Å². The van der Waals surface area contributed by atoms with Gasteiger partial charge in [-0.05, 0) is 12.8 Å². The Labute approximate surface area is 84.1 Å². The van der Waals surface area contributed by atoms with Crippen LogP contribution in [0.4, 0.5) is 0 Å². The minimum absolute atomic E-state index is 0.118. The molecule has 1 aliphatic carbocycles. The summed E-state index contributed by atoms with van der Waals surface area (Å²) < 4.78 is 0. The molecule has 1 unspecified atom stereocenters. The van der Waals surface area contributed by atoms with Gasteiger partial charge in [0, 0.05) is 25.0 Å². The predicted molar refractivity (Wildman–Crippen MR) is 52.8 cm³/mol. The van der Waals surface area contributed by atoms with E-state index in [1.54, 1.807) is 0 Å². The van der Waals surface area contributed by atoms with Gasteiger partial charge < -0.3 is 15.7 Å². The standard InChI is InChI=1S/C10H18N2O2/c13-9-4-2-1-3-8(9)12-7-5-10(14)11-6-7/h7-9,12-13H,1-6H2,(H,11,14)/t7?,8-,9-/m1/s1. The van der Waals surface area contributed by atoms with Gasteiger partial charge in [0.1, 0.15) is 0 Å². The number of hydrogen-bond donors (Lipinski definition) is 3. The molecule has 0 aromatic carbocycles. The van der Waals surface area contributed by atoms with Gasteiger partial charge in [0.15, 0.2) is 0 Å². The summed E-state index contributed by atoms with van der Waals surface area (Å²) in [7, 11) is 0. The lowest BCUT2D eigenvalue weighted by Crippen LogP contribution is -2.47. The Morgan fingerprint density at radius 1 is 1.36 bits per heavy atom. The number of aliphatic hydroxyl groups excluding tert-OH is 1. The van der Waals surface area contributed by atoms with Crippen molar-refractivity contribution in [1.29, 1.82) is 0 Å². The second-order valence-electron chi connectivity index (χ2n) is 4.33. The number of carbonyl (C=O) groups excluding carboxylic acids is 1. The van der Waals surface area contributed by atoms with Crippen LogP contribution in [0.2, 0.25) is 0 Å². The molecule has 4 nitrogen and oxygen atoms in total. The summed E-state index contributed by atoms with van der Waals surface area (Å²) in [5.41, 5.74) is 0. The van der Waals surface area contributed by atoms with Gasteiger partial charge in [0.2, 0.25) is 5.91 Å². The zero-order valence-corrected chi connectivity index (χ0v) is 8.33. The Balaban J connectivity index is 1.81. The average Bonchev–Trinajstić information content (AvgIpc) is 2.56. The minimum atomic E-state index is -0.223. The van der Waals surface area contributed by atoms with Crippen LogP contribution in [0.5, 0.6) is 0 Å². The van der Waals surface area contributed by atoms with E-state index in [0.717, 1.165) is 19.3 Å². The molecule has 1 saturated carbocycles. The van der Waals surface area contributed by atoms with Crippen LogP contribution in [0, 0.1) is 0 Å². The van der Waals surface area contributed by atoms with Gasteiger partial charge in [-0.3, -0.25) is 4.79 Å². The topological polar surface area (TPSA) is 61.4 Å². The lowest BCUT2D eigenvalue weighted by Gasteiger charge is -2.30. The molecular formula is C10H18N2O2. The van der Waals surface area contributed by atoms with Gasteiger partial charge in [-0.1, -0.05) is 12.8 Å². The number of carbonyl (C=O) groups is 1. The molecule has 2 aliphatic rings. The number of hydrogen-bond acceptors (Lipinski definition) is 3. The fourth-order valence-electron chi connectivity index (χ4n) is 2.33. The van der Waals surface area contributed by atoms with Gasteiger partial charge in [-0.15, -0.1) is 0 Å². The molecular weight excluding hydrogens is 180 g/mol. The zero-order valence-electron chi connectivity index (χ0n) is 8.33. The lowest BCUT2D eigenvalue weighted by molar-refractivity contribution is -0.119. The summed E-state index contributed by atoms with van der Waals surface area (Å²) in [6, 6.07) is 0.418. The van der Waals surface area contributed by atoms with Crippen molar-refractivity contribution in [3.8, 4) is 0 Å². The molecule has 80 valence electrons. The summed E-state index contributed by atoms with van der Waals surface area (Å²) in [5, 5.41) is 15.9. The van der Waals surface area contributed by atoms with Crippen molar-refractivity contribution >= 4 is 5.91 Å². The Morgan fingerprint density at radius 3 is 2.79 bits per heavy atom. The fourth-order valence-corrected chi connectivity index (χ4v) is 2.33. The van der Waals surface area contributed by atoms with Crippen molar-refractivity contribution in [3.05, 3.63) is 0 Å². The second kappa shape index (κ2) is 4.28. The third-order valence-electron chi connectivity index (χ3n) is 3.16. The minimum Gasteiger partial charge on any atom is -0.392 e. The van der Waals surface area contributed by atoms with Crippen LogP contribution in [-0.2, 0) is 4.79 Å². The highest BCUT2D eigenvalue weighted by Crippen LogP contribution is 2.19. The summed E-state index contributed by atoms with van der Waals surface area (Å²) >= 11 is 0. The first-order chi connectivity index (χ1) is 6.75. The highest BCUT2D eigenvalue weighted by molar-refractivity contribution is 5.78.